The molecule has 0 fully saturated rings. The number of hydrogen-bond donors (Lipinski definition) is 1. The van der Waals surface area contributed by atoms with Gasteiger partial charge in [0.25, 0.3) is 0 Å². The molecule has 3 nitrogen and oxygen atoms in total. The SMILES string of the molecule is CNc1cc(-c2cccc3ccsc23)nc(C(C)(C)C)n1. The second-order valence-corrected chi connectivity index (χ2v) is 7.02. The van der Waals surface area contributed by atoms with Gasteiger partial charge in [0, 0.05) is 28.8 Å². The highest BCUT2D eigenvalue weighted by molar-refractivity contribution is 7.17. The normalized spacial score (nSPS) is 11.8. The minimum atomic E-state index is -0.0784. The molecule has 0 saturated heterocycles. The van der Waals surface area contributed by atoms with Crippen LogP contribution in [0.3, 0.4) is 0 Å². The maximum absolute atomic E-state index is 4.81. The summed E-state index contributed by atoms with van der Waals surface area (Å²) in [4.78, 5) is 9.41. The van der Waals surface area contributed by atoms with E-state index in [0.717, 1.165) is 17.3 Å². The van der Waals surface area contributed by atoms with Crippen LogP contribution in [-0.2, 0) is 5.41 Å². The van der Waals surface area contributed by atoms with E-state index in [2.05, 4.69) is 60.7 Å². The van der Waals surface area contributed by atoms with Crippen molar-refractivity contribution in [2.24, 2.45) is 0 Å². The summed E-state index contributed by atoms with van der Waals surface area (Å²) >= 11 is 1.75. The molecule has 0 unspecified atom stereocenters. The summed E-state index contributed by atoms with van der Waals surface area (Å²) in [6, 6.07) is 10.5. The summed E-state index contributed by atoms with van der Waals surface area (Å²) in [7, 11) is 1.89. The molecule has 0 bridgehead atoms. The smallest absolute Gasteiger partial charge is 0.136 e. The summed E-state index contributed by atoms with van der Waals surface area (Å²) < 4.78 is 1.28. The van der Waals surface area contributed by atoms with Gasteiger partial charge in [0.15, 0.2) is 0 Å². The summed E-state index contributed by atoms with van der Waals surface area (Å²) in [6.45, 7) is 6.41. The van der Waals surface area contributed by atoms with E-state index in [1.54, 1.807) is 11.3 Å². The van der Waals surface area contributed by atoms with E-state index >= 15 is 0 Å². The highest BCUT2D eigenvalue weighted by atomic mass is 32.1. The summed E-state index contributed by atoms with van der Waals surface area (Å²) in [5.74, 6) is 1.72. The van der Waals surface area contributed by atoms with Crippen LogP contribution in [0.25, 0.3) is 21.3 Å². The molecule has 1 N–H and O–H groups in total. The maximum Gasteiger partial charge on any atom is 0.136 e. The third-order valence-corrected chi connectivity index (χ3v) is 4.37. The van der Waals surface area contributed by atoms with Gasteiger partial charge in [0.1, 0.15) is 11.6 Å². The molecule has 3 aromatic rings. The first-order valence-electron chi connectivity index (χ1n) is 7.03. The number of anilines is 1. The van der Waals surface area contributed by atoms with Crippen molar-refractivity contribution in [3.8, 4) is 11.3 Å². The quantitative estimate of drug-likeness (QED) is 0.745. The van der Waals surface area contributed by atoms with Crippen LogP contribution in [0.2, 0.25) is 0 Å². The van der Waals surface area contributed by atoms with Crippen LogP contribution in [0.15, 0.2) is 35.7 Å². The molecule has 0 aliphatic rings. The molecule has 0 saturated carbocycles. The van der Waals surface area contributed by atoms with Crippen LogP contribution >= 0.6 is 11.3 Å². The average Bonchev–Trinajstić information content (AvgIpc) is 2.94. The van der Waals surface area contributed by atoms with E-state index in [1.807, 2.05) is 13.1 Å². The monoisotopic (exact) mass is 297 g/mol. The van der Waals surface area contributed by atoms with Crippen molar-refractivity contribution in [3.05, 3.63) is 41.5 Å². The van der Waals surface area contributed by atoms with Crippen LogP contribution in [0.5, 0.6) is 0 Å². The number of rotatable bonds is 2. The topological polar surface area (TPSA) is 37.8 Å². The number of aromatic nitrogens is 2. The van der Waals surface area contributed by atoms with Gasteiger partial charge in [-0.25, -0.2) is 9.97 Å². The Morgan fingerprint density at radius 2 is 1.90 bits per heavy atom. The van der Waals surface area contributed by atoms with Gasteiger partial charge < -0.3 is 5.32 Å². The molecule has 2 aromatic heterocycles. The molecule has 3 rings (SSSR count). The second kappa shape index (κ2) is 5.11. The lowest BCUT2D eigenvalue weighted by molar-refractivity contribution is 0.547. The van der Waals surface area contributed by atoms with Gasteiger partial charge in [-0.3, -0.25) is 0 Å². The lowest BCUT2D eigenvalue weighted by Gasteiger charge is -2.18. The number of thiophene rings is 1. The zero-order valence-electron chi connectivity index (χ0n) is 12.8. The summed E-state index contributed by atoms with van der Waals surface area (Å²) in [5, 5.41) is 6.53. The minimum absolute atomic E-state index is 0.0784. The zero-order valence-corrected chi connectivity index (χ0v) is 13.6. The van der Waals surface area contributed by atoms with Crippen LogP contribution in [0.4, 0.5) is 5.82 Å². The molecule has 2 heterocycles. The Labute approximate surface area is 129 Å². The number of benzene rings is 1. The van der Waals surface area contributed by atoms with E-state index in [4.69, 9.17) is 4.98 Å². The lowest BCUT2D eigenvalue weighted by atomic mass is 9.95. The molecule has 21 heavy (non-hydrogen) atoms. The van der Waals surface area contributed by atoms with E-state index < -0.39 is 0 Å². The van der Waals surface area contributed by atoms with Gasteiger partial charge in [0.05, 0.1) is 5.69 Å². The largest absolute Gasteiger partial charge is 0.373 e. The van der Waals surface area contributed by atoms with Gasteiger partial charge in [0.2, 0.25) is 0 Å². The highest BCUT2D eigenvalue weighted by Crippen LogP contribution is 2.33. The fraction of sp³-hybridized carbons (Fsp3) is 0.294. The predicted octanol–water partition coefficient (Wildman–Crippen LogP) is 4.70. The third-order valence-electron chi connectivity index (χ3n) is 3.41. The first-order valence-corrected chi connectivity index (χ1v) is 7.91. The highest BCUT2D eigenvalue weighted by Gasteiger charge is 2.20. The predicted molar refractivity (Wildman–Crippen MR) is 91.1 cm³/mol. The Hall–Kier alpha value is -1.94. The van der Waals surface area contributed by atoms with Crippen molar-refractivity contribution in [3.63, 3.8) is 0 Å². The van der Waals surface area contributed by atoms with E-state index in [9.17, 15) is 0 Å². The lowest BCUT2D eigenvalue weighted by Crippen LogP contribution is -2.17. The van der Waals surface area contributed by atoms with Crippen LogP contribution in [-0.4, -0.2) is 17.0 Å². The Bertz CT molecular complexity index is 784. The summed E-state index contributed by atoms with van der Waals surface area (Å²) in [6.07, 6.45) is 0. The molecule has 0 amide bonds. The Morgan fingerprint density at radius 3 is 2.62 bits per heavy atom. The molecular weight excluding hydrogens is 278 g/mol. The van der Waals surface area contributed by atoms with Gasteiger partial charge in [-0.15, -0.1) is 11.3 Å². The van der Waals surface area contributed by atoms with Crippen LogP contribution in [0, 0.1) is 0 Å². The van der Waals surface area contributed by atoms with E-state index in [0.29, 0.717) is 0 Å². The van der Waals surface area contributed by atoms with Gasteiger partial charge >= 0.3 is 0 Å². The zero-order chi connectivity index (χ0) is 15.0. The molecule has 0 atom stereocenters. The molecule has 0 aliphatic heterocycles. The van der Waals surface area contributed by atoms with Crippen molar-refractivity contribution < 1.29 is 0 Å². The number of hydrogen-bond acceptors (Lipinski definition) is 4. The Kier molecular flexibility index (Phi) is 3.41. The minimum Gasteiger partial charge on any atom is -0.373 e. The van der Waals surface area contributed by atoms with Gasteiger partial charge in [-0.2, -0.15) is 0 Å². The van der Waals surface area contributed by atoms with Crippen LogP contribution in [0.1, 0.15) is 26.6 Å². The molecule has 108 valence electrons. The first kappa shape index (κ1) is 14.0. The fourth-order valence-corrected chi connectivity index (χ4v) is 3.17. The summed E-state index contributed by atoms with van der Waals surface area (Å²) in [5.41, 5.74) is 2.07. The molecule has 0 spiro atoms. The van der Waals surface area contributed by atoms with Crippen molar-refractivity contribution in [1.29, 1.82) is 0 Å². The van der Waals surface area contributed by atoms with Crippen LogP contribution < -0.4 is 5.32 Å². The standard InChI is InChI=1S/C17H19N3S/c1-17(2,3)16-19-13(10-14(18-4)20-16)12-7-5-6-11-8-9-21-15(11)12/h5-10H,1-4H3,(H,18,19,20). The van der Waals surface area contributed by atoms with Gasteiger partial charge in [-0.05, 0) is 16.8 Å². The van der Waals surface area contributed by atoms with Gasteiger partial charge in [-0.1, -0.05) is 39.0 Å². The second-order valence-electron chi connectivity index (χ2n) is 6.11. The van der Waals surface area contributed by atoms with Crippen molar-refractivity contribution >= 4 is 27.2 Å². The number of fused-ring (bicyclic) bond motifs is 1. The number of nitrogens with one attached hydrogen (secondary N) is 1. The molecule has 0 radical (unpaired) electrons. The third kappa shape index (κ3) is 2.63. The maximum atomic E-state index is 4.81. The molecule has 1 aromatic carbocycles. The fourth-order valence-electron chi connectivity index (χ4n) is 2.24. The van der Waals surface area contributed by atoms with Crippen molar-refractivity contribution in [1.82, 2.24) is 9.97 Å². The number of nitrogens with zero attached hydrogens (tertiary/aromatic N) is 2. The Balaban J connectivity index is 2.24. The van der Waals surface area contributed by atoms with Crippen molar-refractivity contribution in [2.75, 3.05) is 12.4 Å². The van der Waals surface area contributed by atoms with Crippen molar-refractivity contribution in [2.45, 2.75) is 26.2 Å². The molecule has 4 heteroatoms. The molecule has 0 aliphatic carbocycles. The van der Waals surface area contributed by atoms with E-state index in [1.165, 1.54) is 15.6 Å². The van der Waals surface area contributed by atoms with E-state index in [-0.39, 0.29) is 5.41 Å². The average molecular weight is 297 g/mol. The molecular formula is C17H19N3S. The first-order chi connectivity index (χ1) is 9.99. The Morgan fingerprint density at radius 1 is 1.10 bits per heavy atom.